The van der Waals surface area contributed by atoms with Gasteiger partial charge in [0.15, 0.2) is 0 Å². The van der Waals surface area contributed by atoms with Crippen LogP contribution in [0.15, 0.2) is 24.3 Å². The van der Waals surface area contributed by atoms with E-state index in [9.17, 15) is 19.8 Å². The lowest BCUT2D eigenvalue weighted by Gasteiger charge is -2.20. The Morgan fingerprint density at radius 2 is 0.810 bits per heavy atom. The molecule has 0 aliphatic heterocycles. The molecule has 0 aromatic carbocycles. The number of allylic oxidation sites excluding steroid dienone is 3. The second-order valence-electron chi connectivity index (χ2n) is 17.5. The number of hydrogen-bond acceptors (Lipinski definition) is 5. The van der Waals surface area contributed by atoms with E-state index in [1.54, 1.807) is 6.08 Å². The number of hydrogen-bond donors (Lipinski definition) is 3. The normalized spacial score (nSPS) is 12.8. The van der Waals surface area contributed by atoms with Crippen LogP contribution in [0.4, 0.5) is 0 Å². The fourth-order valence-corrected chi connectivity index (χ4v) is 7.74. The number of carbonyl (C=O) groups excluding carboxylic acids is 2. The zero-order valence-electron chi connectivity index (χ0n) is 38.8. The number of aliphatic hydroxyl groups excluding tert-OH is 2. The van der Waals surface area contributed by atoms with Crippen LogP contribution in [0.25, 0.3) is 0 Å². The minimum atomic E-state index is -0.864. The smallest absolute Gasteiger partial charge is 0.305 e. The molecular formula is C52H99NO5. The number of unbranched alkanes of at least 4 members (excludes halogenated alkanes) is 34. The number of aliphatic hydroxyl groups is 2. The average Bonchev–Trinajstić information content (AvgIpc) is 3.22. The van der Waals surface area contributed by atoms with Gasteiger partial charge in [-0.05, 0) is 57.8 Å². The van der Waals surface area contributed by atoms with Crippen molar-refractivity contribution in [3.63, 3.8) is 0 Å². The molecule has 0 rings (SSSR count). The van der Waals surface area contributed by atoms with Gasteiger partial charge in [0.2, 0.25) is 5.91 Å². The molecule has 58 heavy (non-hydrogen) atoms. The van der Waals surface area contributed by atoms with Gasteiger partial charge in [-0.1, -0.05) is 224 Å². The summed E-state index contributed by atoms with van der Waals surface area (Å²) < 4.78 is 5.44. The summed E-state index contributed by atoms with van der Waals surface area (Å²) in [5.74, 6) is -0.138. The number of ether oxygens (including phenoxy) is 1. The van der Waals surface area contributed by atoms with E-state index in [1.807, 2.05) is 6.08 Å². The number of nitrogens with one attached hydrogen (secondary N) is 1. The van der Waals surface area contributed by atoms with Gasteiger partial charge in [0.25, 0.3) is 0 Å². The zero-order chi connectivity index (χ0) is 42.3. The molecule has 342 valence electrons. The molecule has 0 aliphatic rings. The molecule has 0 bridgehead atoms. The van der Waals surface area contributed by atoms with Crippen molar-refractivity contribution in [3.05, 3.63) is 24.3 Å². The van der Waals surface area contributed by atoms with Crippen LogP contribution < -0.4 is 5.32 Å². The van der Waals surface area contributed by atoms with Crippen LogP contribution in [-0.4, -0.2) is 47.4 Å². The van der Waals surface area contributed by atoms with Crippen molar-refractivity contribution in [2.24, 2.45) is 0 Å². The largest absolute Gasteiger partial charge is 0.466 e. The Hall–Kier alpha value is -1.66. The molecule has 0 fully saturated rings. The summed E-state index contributed by atoms with van der Waals surface area (Å²) in [5, 5.41) is 22.9. The molecule has 1 amide bonds. The Morgan fingerprint density at radius 3 is 1.22 bits per heavy atom. The molecule has 0 aromatic heterocycles. The lowest BCUT2D eigenvalue weighted by molar-refractivity contribution is -0.143. The predicted octanol–water partition coefficient (Wildman–Crippen LogP) is 15.1. The van der Waals surface area contributed by atoms with Crippen LogP contribution in [0, 0.1) is 0 Å². The molecule has 3 N–H and O–H groups in total. The van der Waals surface area contributed by atoms with Crippen LogP contribution in [0.5, 0.6) is 0 Å². The monoisotopic (exact) mass is 818 g/mol. The van der Waals surface area contributed by atoms with E-state index < -0.39 is 12.1 Å². The van der Waals surface area contributed by atoms with Crippen LogP contribution in [0.1, 0.15) is 271 Å². The summed E-state index contributed by atoms with van der Waals surface area (Å²) >= 11 is 0. The van der Waals surface area contributed by atoms with Crippen LogP contribution in [-0.2, 0) is 14.3 Å². The fraction of sp³-hybridized carbons (Fsp3) is 0.885. The molecule has 6 heteroatoms. The Bertz CT molecular complexity index is 904. The molecule has 0 spiro atoms. The molecule has 0 saturated heterocycles. The van der Waals surface area contributed by atoms with Crippen molar-refractivity contribution in [1.29, 1.82) is 0 Å². The topological polar surface area (TPSA) is 95.9 Å². The molecule has 0 radical (unpaired) electrons. The van der Waals surface area contributed by atoms with Gasteiger partial charge in [0.05, 0.1) is 25.4 Å². The summed E-state index contributed by atoms with van der Waals surface area (Å²) in [7, 11) is 0. The predicted molar refractivity (Wildman–Crippen MR) is 250 cm³/mol. The summed E-state index contributed by atoms with van der Waals surface area (Å²) in [5.41, 5.74) is 0. The molecule has 2 unspecified atom stereocenters. The van der Waals surface area contributed by atoms with E-state index in [2.05, 4.69) is 31.3 Å². The van der Waals surface area contributed by atoms with Crippen LogP contribution in [0.3, 0.4) is 0 Å². The maximum absolute atomic E-state index is 12.4. The lowest BCUT2D eigenvalue weighted by Crippen LogP contribution is -2.45. The second kappa shape index (κ2) is 48.0. The lowest BCUT2D eigenvalue weighted by atomic mass is 10.0. The van der Waals surface area contributed by atoms with E-state index in [1.165, 1.54) is 167 Å². The van der Waals surface area contributed by atoms with E-state index in [0.29, 0.717) is 19.4 Å². The van der Waals surface area contributed by atoms with Gasteiger partial charge in [-0.2, -0.15) is 0 Å². The number of carbonyl (C=O) groups is 2. The van der Waals surface area contributed by atoms with Gasteiger partial charge in [-0.15, -0.1) is 0 Å². The maximum atomic E-state index is 12.4. The molecule has 0 heterocycles. The summed E-state index contributed by atoms with van der Waals surface area (Å²) in [6, 6.07) is -0.651. The van der Waals surface area contributed by atoms with Gasteiger partial charge < -0.3 is 20.3 Å². The SMILES string of the molecule is CCCCCCCCCCCC/C=C/C(O)C(CO)NC(=O)CCCCCC/C=C\CCCCOC(=O)CCCCCCCCCCCCCCCCCCCCC. The summed E-state index contributed by atoms with van der Waals surface area (Å²) in [6.45, 7) is 4.81. The van der Waals surface area contributed by atoms with E-state index >= 15 is 0 Å². The third-order valence-electron chi connectivity index (χ3n) is 11.7. The van der Waals surface area contributed by atoms with Crippen molar-refractivity contribution in [1.82, 2.24) is 5.32 Å². The second-order valence-corrected chi connectivity index (χ2v) is 17.5. The van der Waals surface area contributed by atoms with Gasteiger partial charge >= 0.3 is 5.97 Å². The van der Waals surface area contributed by atoms with Crippen LogP contribution >= 0.6 is 0 Å². The summed E-state index contributed by atoms with van der Waals surface area (Å²) in [6.07, 6.45) is 56.1. The van der Waals surface area contributed by atoms with Gasteiger partial charge in [0.1, 0.15) is 0 Å². The third-order valence-corrected chi connectivity index (χ3v) is 11.7. The van der Waals surface area contributed by atoms with E-state index in [4.69, 9.17) is 4.74 Å². The van der Waals surface area contributed by atoms with Gasteiger partial charge in [-0.25, -0.2) is 0 Å². The molecular weight excluding hydrogens is 719 g/mol. The zero-order valence-corrected chi connectivity index (χ0v) is 38.8. The standard InChI is InChI=1S/C52H99NO5/c1-3-5-7-9-11-13-15-17-18-19-20-21-22-23-25-30-34-38-42-46-52(57)58-47-43-39-35-31-27-26-29-33-37-41-45-51(56)53-49(48-54)50(55)44-40-36-32-28-24-16-14-12-10-8-6-4-2/h27,31,40,44,49-50,54-55H,3-26,28-30,32-39,41-43,45-48H2,1-2H3,(H,53,56)/b31-27-,44-40+. The highest BCUT2D eigenvalue weighted by molar-refractivity contribution is 5.76. The first kappa shape index (κ1) is 56.3. The van der Waals surface area contributed by atoms with E-state index in [0.717, 1.165) is 77.0 Å². The first-order valence-corrected chi connectivity index (χ1v) is 25.6. The highest BCUT2D eigenvalue weighted by Gasteiger charge is 2.18. The molecule has 6 nitrogen and oxygen atoms in total. The number of esters is 1. The minimum absolute atomic E-state index is 0.0343. The van der Waals surface area contributed by atoms with Crippen LogP contribution in [0.2, 0.25) is 0 Å². The van der Waals surface area contributed by atoms with Crippen molar-refractivity contribution < 1.29 is 24.5 Å². The molecule has 0 saturated carbocycles. The van der Waals surface area contributed by atoms with Gasteiger partial charge in [-0.3, -0.25) is 9.59 Å². The van der Waals surface area contributed by atoms with Crippen molar-refractivity contribution >= 4 is 11.9 Å². The first-order chi connectivity index (χ1) is 28.5. The Labute approximate surface area is 361 Å². The molecule has 2 atom stereocenters. The maximum Gasteiger partial charge on any atom is 0.305 e. The summed E-state index contributed by atoms with van der Waals surface area (Å²) in [4.78, 5) is 24.4. The number of rotatable bonds is 47. The first-order valence-electron chi connectivity index (χ1n) is 25.6. The molecule has 0 aromatic rings. The Morgan fingerprint density at radius 1 is 0.466 bits per heavy atom. The van der Waals surface area contributed by atoms with E-state index in [-0.39, 0.29) is 18.5 Å². The highest BCUT2D eigenvalue weighted by Crippen LogP contribution is 2.16. The van der Waals surface area contributed by atoms with Crippen molar-refractivity contribution in [2.75, 3.05) is 13.2 Å². The Balaban J connectivity index is 3.51. The Kier molecular flexibility index (Phi) is 46.6. The quantitative estimate of drug-likeness (QED) is 0.0323. The minimum Gasteiger partial charge on any atom is -0.466 e. The van der Waals surface area contributed by atoms with Crippen molar-refractivity contribution in [3.8, 4) is 0 Å². The van der Waals surface area contributed by atoms with Crippen molar-refractivity contribution in [2.45, 2.75) is 283 Å². The molecule has 0 aliphatic carbocycles. The fourth-order valence-electron chi connectivity index (χ4n) is 7.74. The third kappa shape index (κ3) is 43.9. The average molecular weight is 818 g/mol. The number of amides is 1. The highest BCUT2D eigenvalue weighted by atomic mass is 16.5. The van der Waals surface area contributed by atoms with Gasteiger partial charge in [0, 0.05) is 12.8 Å².